The van der Waals surface area contributed by atoms with Crippen LogP contribution in [0.2, 0.25) is 0 Å². The van der Waals surface area contributed by atoms with Gasteiger partial charge in [0.25, 0.3) is 0 Å². The summed E-state index contributed by atoms with van der Waals surface area (Å²) in [6.07, 6.45) is 10.6. The summed E-state index contributed by atoms with van der Waals surface area (Å²) in [5.41, 5.74) is 2.35. The van der Waals surface area contributed by atoms with Gasteiger partial charge in [-0.3, -0.25) is 0 Å². The second kappa shape index (κ2) is 13.9. The van der Waals surface area contributed by atoms with E-state index < -0.39 is 0 Å². The lowest BCUT2D eigenvalue weighted by atomic mass is 10.1. The van der Waals surface area contributed by atoms with Crippen LogP contribution in [-0.2, 0) is 6.54 Å². The number of hydrogen-bond donors (Lipinski definition) is 0. The van der Waals surface area contributed by atoms with Crippen LogP contribution >= 0.6 is 0 Å². The van der Waals surface area contributed by atoms with Gasteiger partial charge in [-0.05, 0) is 30.4 Å². The number of nitrogens with zero attached hydrogens (tertiary/aromatic N) is 4. The fraction of sp³-hybridized carbons (Fsp3) is 0.565. The van der Waals surface area contributed by atoms with Crippen LogP contribution in [0.1, 0.15) is 70.4 Å². The molecule has 1 aromatic rings. The maximum absolute atomic E-state index is 9.34. The normalized spacial score (nSPS) is 11.1. The molecular formula is C23H36N4. The van der Waals surface area contributed by atoms with Crippen molar-refractivity contribution in [2.45, 2.75) is 65.8 Å². The second-order valence-corrected chi connectivity index (χ2v) is 6.93. The summed E-state index contributed by atoms with van der Waals surface area (Å²) < 4.78 is 0. The first-order valence-corrected chi connectivity index (χ1v) is 10.4. The number of benzene rings is 1. The number of guanidine groups is 1. The van der Waals surface area contributed by atoms with Gasteiger partial charge in [0.1, 0.15) is 0 Å². The maximum atomic E-state index is 9.34. The Balaban J connectivity index is 3.07. The third-order valence-corrected chi connectivity index (χ3v) is 4.65. The molecule has 4 heteroatoms. The molecule has 0 bridgehead atoms. The molecule has 0 aliphatic rings. The highest BCUT2D eigenvalue weighted by atomic mass is 15.4. The van der Waals surface area contributed by atoms with Crippen LogP contribution in [0.3, 0.4) is 0 Å². The van der Waals surface area contributed by atoms with Crippen molar-refractivity contribution in [3.05, 3.63) is 42.0 Å². The summed E-state index contributed by atoms with van der Waals surface area (Å²) in [5, 5.41) is 9.34. The lowest BCUT2D eigenvalue weighted by Crippen LogP contribution is -2.45. The van der Waals surface area contributed by atoms with Crippen LogP contribution in [0.4, 0.5) is 0 Å². The van der Waals surface area contributed by atoms with E-state index in [9.17, 15) is 5.26 Å². The summed E-state index contributed by atoms with van der Waals surface area (Å²) in [5.74, 6) is 0.834. The van der Waals surface area contributed by atoms with Gasteiger partial charge in [0.05, 0.1) is 0 Å². The number of rotatable bonds is 12. The first-order chi connectivity index (χ1) is 13.2. The lowest BCUT2D eigenvalue weighted by Gasteiger charge is -2.34. The molecule has 0 aromatic heterocycles. The Labute approximate surface area is 166 Å². The van der Waals surface area contributed by atoms with E-state index in [0.29, 0.717) is 0 Å². The van der Waals surface area contributed by atoms with Crippen molar-refractivity contribution in [1.29, 1.82) is 5.26 Å². The Morgan fingerprint density at radius 2 is 1.48 bits per heavy atom. The summed E-state index contributed by atoms with van der Waals surface area (Å²) in [6.45, 7) is 14.0. The average Bonchev–Trinajstić information content (AvgIpc) is 2.70. The third kappa shape index (κ3) is 8.30. The molecule has 0 radical (unpaired) electrons. The summed E-state index contributed by atoms with van der Waals surface area (Å²) in [6, 6.07) is 8.46. The predicted octanol–water partition coefficient (Wildman–Crippen LogP) is 5.67. The molecule has 27 heavy (non-hydrogen) atoms. The van der Waals surface area contributed by atoms with Crippen molar-refractivity contribution in [3.8, 4) is 6.19 Å². The summed E-state index contributed by atoms with van der Waals surface area (Å²) in [7, 11) is 0. The van der Waals surface area contributed by atoms with Gasteiger partial charge in [0.15, 0.2) is 0 Å². The van der Waals surface area contributed by atoms with Crippen molar-refractivity contribution < 1.29 is 0 Å². The highest BCUT2D eigenvalue weighted by Gasteiger charge is 2.19. The number of aliphatic imine (C=N–C) groups is 1. The van der Waals surface area contributed by atoms with Gasteiger partial charge >= 0.3 is 0 Å². The van der Waals surface area contributed by atoms with Gasteiger partial charge in [-0.2, -0.15) is 5.26 Å². The van der Waals surface area contributed by atoms with Gasteiger partial charge in [-0.1, -0.05) is 77.0 Å². The monoisotopic (exact) mass is 368 g/mol. The number of nitriles is 1. The van der Waals surface area contributed by atoms with E-state index in [1.807, 2.05) is 6.08 Å². The molecule has 0 saturated carbocycles. The van der Waals surface area contributed by atoms with E-state index in [0.717, 1.165) is 76.2 Å². The van der Waals surface area contributed by atoms with Crippen LogP contribution in [0.5, 0.6) is 0 Å². The minimum atomic E-state index is 0.771. The molecule has 0 aliphatic carbocycles. The predicted molar refractivity (Wildman–Crippen MR) is 116 cm³/mol. The Hall–Kier alpha value is -2.28. The second-order valence-electron chi connectivity index (χ2n) is 6.93. The quantitative estimate of drug-likeness (QED) is 0.271. The number of unbranched alkanes of at least 4 members (excludes halogenated alkanes) is 3. The van der Waals surface area contributed by atoms with E-state index in [-0.39, 0.29) is 0 Å². The topological polar surface area (TPSA) is 42.6 Å². The zero-order valence-corrected chi connectivity index (χ0v) is 17.5. The van der Waals surface area contributed by atoms with Gasteiger partial charge in [0, 0.05) is 26.2 Å². The molecule has 0 aliphatic heterocycles. The van der Waals surface area contributed by atoms with Gasteiger partial charge in [0.2, 0.25) is 12.2 Å². The van der Waals surface area contributed by atoms with Crippen molar-refractivity contribution in [2.24, 2.45) is 4.99 Å². The fourth-order valence-corrected chi connectivity index (χ4v) is 2.97. The van der Waals surface area contributed by atoms with E-state index in [1.165, 1.54) is 5.56 Å². The Morgan fingerprint density at radius 3 is 1.93 bits per heavy atom. The summed E-state index contributed by atoms with van der Waals surface area (Å²) >= 11 is 0. The molecule has 1 aromatic carbocycles. The van der Waals surface area contributed by atoms with Crippen molar-refractivity contribution in [3.63, 3.8) is 0 Å². The molecule has 148 valence electrons. The highest BCUT2D eigenvalue weighted by molar-refractivity contribution is 5.81. The average molecular weight is 369 g/mol. The molecule has 0 amide bonds. The lowest BCUT2D eigenvalue weighted by molar-refractivity contribution is 0.300. The first-order valence-electron chi connectivity index (χ1n) is 10.4. The Bertz CT molecular complexity index is 590. The molecule has 0 heterocycles. The van der Waals surface area contributed by atoms with Gasteiger partial charge in [-0.25, -0.2) is 0 Å². The largest absolute Gasteiger partial charge is 0.342 e. The Morgan fingerprint density at radius 1 is 0.963 bits per heavy atom. The third-order valence-electron chi connectivity index (χ3n) is 4.65. The SMILES string of the molecule is C=Cc1ccc(CN(CCCC)C(=NC#N)N(CCCC)CCCC)cc1. The fourth-order valence-electron chi connectivity index (χ4n) is 2.97. The number of hydrogen-bond acceptors (Lipinski definition) is 2. The van der Waals surface area contributed by atoms with E-state index in [4.69, 9.17) is 0 Å². The van der Waals surface area contributed by atoms with Crippen LogP contribution in [0, 0.1) is 11.5 Å². The minimum Gasteiger partial charge on any atom is -0.342 e. The van der Waals surface area contributed by atoms with E-state index in [2.05, 4.69) is 72.6 Å². The zero-order valence-electron chi connectivity index (χ0n) is 17.5. The molecule has 0 N–H and O–H groups in total. The zero-order chi connectivity index (χ0) is 19.9. The molecule has 0 atom stereocenters. The van der Waals surface area contributed by atoms with Gasteiger partial charge in [-0.15, -0.1) is 4.99 Å². The molecule has 0 saturated heterocycles. The molecule has 4 nitrogen and oxygen atoms in total. The van der Waals surface area contributed by atoms with Crippen LogP contribution in [0.25, 0.3) is 6.08 Å². The standard InChI is InChI=1S/C23H36N4/c1-5-9-16-26(17-10-6-2)23(25-20-24)27(18-11-7-3)19-22-14-12-21(8-4)13-15-22/h8,12-15H,4-7,9-11,16-19H2,1-3H3. The smallest absolute Gasteiger partial charge is 0.212 e. The summed E-state index contributed by atoms with van der Waals surface area (Å²) in [4.78, 5) is 8.86. The van der Waals surface area contributed by atoms with Crippen molar-refractivity contribution >= 4 is 12.0 Å². The van der Waals surface area contributed by atoms with Crippen molar-refractivity contribution in [1.82, 2.24) is 9.80 Å². The molecule has 0 spiro atoms. The van der Waals surface area contributed by atoms with Gasteiger partial charge < -0.3 is 9.80 Å². The van der Waals surface area contributed by atoms with E-state index >= 15 is 0 Å². The molecule has 0 unspecified atom stereocenters. The minimum absolute atomic E-state index is 0.771. The van der Waals surface area contributed by atoms with Crippen molar-refractivity contribution in [2.75, 3.05) is 19.6 Å². The molecular weight excluding hydrogens is 332 g/mol. The van der Waals surface area contributed by atoms with Crippen LogP contribution in [-0.4, -0.2) is 35.4 Å². The van der Waals surface area contributed by atoms with Crippen LogP contribution in [0.15, 0.2) is 35.8 Å². The Kier molecular flexibility index (Phi) is 11.7. The maximum Gasteiger partial charge on any atom is 0.212 e. The highest BCUT2D eigenvalue weighted by Crippen LogP contribution is 2.13. The first kappa shape index (κ1) is 22.8. The molecule has 1 rings (SSSR count). The van der Waals surface area contributed by atoms with E-state index in [1.54, 1.807) is 0 Å². The molecule has 0 fully saturated rings. The van der Waals surface area contributed by atoms with Crippen LogP contribution < -0.4 is 0 Å².